The van der Waals surface area contributed by atoms with Crippen LogP contribution in [0.15, 0.2) is 6.20 Å². The van der Waals surface area contributed by atoms with Gasteiger partial charge in [-0.05, 0) is 20.8 Å². The van der Waals surface area contributed by atoms with E-state index in [1.807, 2.05) is 6.92 Å². The molecule has 0 fully saturated rings. The lowest BCUT2D eigenvalue weighted by molar-refractivity contribution is 0.583. The summed E-state index contributed by atoms with van der Waals surface area (Å²) in [6.07, 6.45) is 1.53. The molecule has 0 atom stereocenters. The van der Waals surface area contributed by atoms with Crippen LogP contribution in [0.3, 0.4) is 0 Å². The van der Waals surface area contributed by atoms with Crippen LogP contribution in [-0.2, 0) is 22.1 Å². The van der Waals surface area contributed by atoms with Gasteiger partial charge in [0, 0.05) is 6.54 Å². The van der Waals surface area contributed by atoms with Gasteiger partial charge in [-0.1, -0.05) is 0 Å². The zero-order valence-corrected chi connectivity index (χ0v) is 10.1. The molecule has 0 radical (unpaired) electrons. The van der Waals surface area contributed by atoms with Gasteiger partial charge in [0.15, 0.2) is 15.8 Å². The smallest absolute Gasteiger partial charge is 0.200 e. The van der Waals surface area contributed by atoms with Crippen molar-refractivity contribution >= 4 is 15.8 Å². The Kier molecular flexibility index (Phi) is 3.38. The maximum absolute atomic E-state index is 11.7. The third-order valence-corrected chi connectivity index (χ3v) is 4.49. The summed E-state index contributed by atoms with van der Waals surface area (Å²) >= 11 is 0. The van der Waals surface area contributed by atoms with Gasteiger partial charge < -0.3 is 10.3 Å². The molecule has 0 unspecified atom stereocenters. The Morgan fingerprint density at radius 1 is 1.53 bits per heavy atom. The molecule has 0 spiro atoms. The molecule has 0 bridgehead atoms. The zero-order chi connectivity index (χ0) is 11.6. The zero-order valence-electron chi connectivity index (χ0n) is 9.27. The van der Waals surface area contributed by atoms with Crippen molar-refractivity contribution in [2.24, 2.45) is 0 Å². The van der Waals surface area contributed by atoms with Gasteiger partial charge in [-0.15, -0.1) is 0 Å². The molecule has 0 aliphatic heterocycles. The first-order chi connectivity index (χ1) is 6.88. The minimum atomic E-state index is -3.09. The molecule has 1 heterocycles. The Morgan fingerprint density at radius 2 is 2.13 bits per heavy atom. The van der Waals surface area contributed by atoms with Crippen LogP contribution in [0.5, 0.6) is 0 Å². The molecule has 86 valence electrons. The van der Waals surface area contributed by atoms with Gasteiger partial charge in [0.1, 0.15) is 0 Å². The van der Waals surface area contributed by atoms with E-state index in [0.29, 0.717) is 18.2 Å². The van der Waals surface area contributed by atoms with E-state index < -0.39 is 9.84 Å². The first kappa shape index (κ1) is 12.0. The van der Waals surface area contributed by atoms with E-state index in [2.05, 4.69) is 4.98 Å². The average Bonchev–Trinajstić information content (AvgIpc) is 2.45. The Balaban J connectivity index is 3.00. The van der Waals surface area contributed by atoms with E-state index >= 15 is 0 Å². The maximum atomic E-state index is 11.7. The van der Waals surface area contributed by atoms with Crippen LogP contribution in [-0.4, -0.2) is 23.2 Å². The maximum Gasteiger partial charge on any atom is 0.200 e. The van der Waals surface area contributed by atoms with Crippen LogP contribution in [0.4, 0.5) is 5.95 Å². The molecule has 0 saturated heterocycles. The molecule has 6 heteroatoms. The van der Waals surface area contributed by atoms with E-state index in [1.165, 1.54) is 6.20 Å². The van der Waals surface area contributed by atoms with Crippen LogP contribution in [0.2, 0.25) is 0 Å². The molecule has 0 amide bonds. The number of hydrogen-bond acceptors (Lipinski definition) is 4. The quantitative estimate of drug-likeness (QED) is 0.831. The van der Waals surface area contributed by atoms with Crippen molar-refractivity contribution in [3.05, 3.63) is 11.9 Å². The number of anilines is 1. The van der Waals surface area contributed by atoms with E-state index in [1.54, 1.807) is 18.4 Å². The molecular weight excluding hydrogens is 214 g/mol. The summed E-state index contributed by atoms with van der Waals surface area (Å²) in [5.74, 6) is 0.370. The Bertz CT molecular complexity index is 434. The second kappa shape index (κ2) is 4.22. The van der Waals surface area contributed by atoms with Gasteiger partial charge in [0.25, 0.3) is 0 Å². The lowest BCUT2D eigenvalue weighted by Crippen LogP contribution is -2.18. The predicted octanol–water partition coefficient (Wildman–Crippen LogP) is 0.808. The summed E-state index contributed by atoms with van der Waals surface area (Å²) in [7, 11) is -3.09. The minimum Gasteiger partial charge on any atom is -0.369 e. The third-order valence-electron chi connectivity index (χ3n) is 2.35. The van der Waals surface area contributed by atoms with Crippen LogP contribution in [0, 0.1) is 0 Å². The summed E-state index contributed by atoms with van der Waals surface area (Å²) < 4.78 is 25.1. The van der Waals surface area contributed by atoms with Gasteiger partial charge in [-0.2, -0.15) is 0 Å². The van der Waals surface area contributed by atoms with Crippen molar-refractivity contribution in [2.45, 2.75) is 38.3 Å². The highest BCUT2D eigenvalue weighted by Crippen LogP contribution is 2.13. The number of sulfone groups is 1. The van der Waals surface area contributed by atoms with Crippen molar-refractivity contribution in [2.75, 3.05) is 5.73 Å². The number of rotatable bonds is 4. The molecule has 5 nitrogen and oxygen atoms in total. The van der Waals surface area contributed by atoms with E-state index in [0.717, 1.165) is 0 Å². The van der Waals surface area contributed by atoms with Crippen molar-refractivity contribution < 1.29 is 8.42 Å². The van der Waals surface area contributed by atoms with Crippen LogP contribution >= 0.6 is 0 Å². The summed E-state index contributed by atoms with van der Waals surface area (Å²) in [6, 6.07) is 0. The fraction of sp³-hybridized carbons (Fsp3) is 0.667. The number of hydrogen-bond donors (Lipinski definition) is 1. The van der Waals surface area contributed by atoms with Crippen LogP contribution in [0.25, 0.3) is 0 Å². The van der Waals surface area contributed by atoms with E-state index in [4.69, 9.17) is 5.73 Å². The standard InChI is InChI=1S/C9H17N3O2S/c1-4-12-8(5-11-9(12)10)6-15(13,14)7(2)3/h5,7H,4,6H2,1-3H3,(H2,10,11). The minimum absolute atomic E-state index is 0.00269. The average molecular weight is 231 g/mol. The second-order valence-corrected chi connectivity index (χ2v) is 6.27. The largest absolute Gasteiger partial charge is 0.369 e. The molecule has 1 aromatic rings. The number of imidazole rings is 1. The number of nitrogen functional groups attached to an aromatic ring is 1. The number of nitrogens with two attached hydrogens (primary N) is 1. The molecule has 0 aliphatic rings. The SMILES string of the molecule is CCn1c(CS(=O)(=O)C(C)C)cnc1N. The van der Waals surface area contributed by atoms with E-state index in [-0.39, 0.29) is 11.0 Å². The van der Waals surface area contributed by atoms with Crippen LogP contribution in [0.1, 0.15) is 26.5 Å². The first-order valence-corrected chi connectivity index (χ1v) is 6.61. The molecule has 1 aromatic heterocycles. The second-order valence-electron chi connectivity index (χ2n) is 3.71. The molecular formula is C9H17N3O2S. The van der Waals surface area contributed by atoms with Gasteiger partial charge in [-0.3, -0.25) is 0 Å². The number of aromatic nitrogens is 2. The third kappa shape index (κ3) is 2.50. The summed E-state index contributed by atoms with van der Waals surface area (Å²) in [4.78, 5) is 3.91. The Labute approximate surface area is 90.2 Å². The topological polar surface area (TPSA) is 78.0 Å². The Hall–Kier alpha value is -1.04. The van der Waals surface area contributed by atoms with Gasteiger partial charge >= 0.3 is 0 Å². The molecule has 0 aromatic carbocycles. The monoisotopic (exact) mass is 231 g/mol. The molecule has 0 saturated carbocycles. The predicted molar refractivity (Wildman–Crippen MR) is 60.1 cm³/mol. The highest BCUT2D eigenvalue weighted by atomic mass is 32.2. The molecule has 0 aliphatic carbocycles. The highest BCUT2D eigenvalue weighted by molar-refractivity contribution is 7.91. The molecule has 15 heavy (non-hydrogen) atoms. The molecule has 1 rings (SSSR count). The van der Waals surface area contributed by atoms with Crippen molar-refractivity contribution in [1.29, 1.82) is 0 Å². The highest BCUT2D eigenvalue weighted by Gasteiger charge is 2.19. The molecule has 2 N–H and O–H groups in total. The van der Waals surface area contributed by atoms with Crippen molar-refractivity contribution in [3.8, 4) is 0 Å². The summed E-state index contributed by atoms with van der Waals surface area (Å²) in [6.45, 7) is 5.88. The first-order valence-electron chi connectivity index (χ1n) is 4.90. The van der Waals surface area contributed by atoms with Crippen LogP contribution < -0.4 is 5.73 Å². The van der Waals surface area contributed by atoms with E-state index in [9.17, 15) is 8.42 Å². The lowest BCUT2D eigenvalue weighted by Gasteiger charge is -2.09. The summed E-state index contributed by atoms with van der Waals surface area (Å²) in [5, 5.41) is -0.376. The number of nitrogens with zero attached hydrogens (tertiary/aromatic N) is 2. The summed E-state index contributed by atoms with van der Waals surface area (Å²) in [5.41, 5.74) is 6.26. The lowest BCUT2D eigenvalue weighted by atomic mass is 10.5. The van der Waals surface area contributed by atoms with Gasteiger partial charge in [-0.25, -0.2) is 13.4 Å². The fourth-order valence-electron chi connectivity index (χ4n) is 1.28. The normalized spacial score (nSPS) is 12.3. The van der Waals surface area contributed by atoms with Crippen molar-refractivity contribution in [1.82, 2.24) is 9.55 Å². The van der Waals surface area contributed by atoms with Gasteiger partial charge in [0.2, 0.25) is 0 Å². The fourth-order valence-corrected chi connectivity index (χ4v) is 2.26. The van der Waals surface area contributed by atoms with Crippen molar-refractivity contribution in [3.63, 3.8) is 0 Å². The van der Waals surface area contributed by atoms with Gasteiger partial charge in [0.05, 0.1) is 22.9 Å². The Morgan fingerprint density at radius 3 is 2.60 bits per heavy atom.